The smallest absolute Gasteiger partial charge is 0.331 e. The van der Waals surface area contributed by atoms with Gasteiger partial charge in [-0.25, -0.2) is 9.59 Å². The molecule has 7 nitrogen and oxygen atoms in total. The Bertz CT molecular complexity index is 622. The highest BCUT2D eigenvalue weighted by Crippen LogP contribution is 2.17. The maximum Gasteiger partial charge on any atom is 0.331 e. The molecule has 0 spiro atoms. The fourth-order valence-corrected chi connectivity index (χ4v) is 1.74. The monoisotopic (exact) mass is 398 g/mol. The summed E-state index contributed by atoms with van der Waals surface area (Å²) >= 11 is 3.25. The second-order valence-corrected chi connectivity index (χ2v) is 5.35. The van der Waals surface area contributed by atoms with Gasteiger partial charge in [-0.1, -0.05) is 15.9 Å². The van der Waals surface area contributed by atoms with Crippen molar-refractivity contribution in [2.24, 2.45) is 5.92 Å². The molecule has 0 heterocycles. The Morgan fingerprint density at radius 1 is 1.12 bits per heavy atom. The molecule has 0 aromatic heterocycles. The second-order valence-electron chi connectivity index (χ2n) is 4.43. The average Bonchev–Trinajstić information content (AvgIpc) is 2.58. The topological polar surface area (TPSA) is 96.0 Å². The molecule has 1 atom stereocenters. The van der Waals surface area contributed by atoms with Gasteiger partial charge in [0, 0.05) is 23.0 Å². The molecule has 0 aliphatic carbocycles. The van der Waals surface area contributed by atoms with Crippen molar-refractivity contribution >= 4 is 40.1 Å². The van der Waals surface area contributed by atoms with Crippen molar-refractivity contribution in [3.8, 4) is 5.75 Å². The van der Waals surface area contributed by atoms with Crippen LogP contribution in [-0.2, 0) is 28.7 Å². The molecule has 0 aliphatic rings. The summed E-state index contributed by atoms with van der Waals surface area (Å²) in [6.07, 6.45) is 2.19. The number of rotatable bonds is 8. The third kappa shape index (κ3) is 7.19. The van der Waals surface area contributed by atoms with E-state index in [1.54, 1.807) is 24.3 Å². The Balaban J connectivity index is 2.43. The first-order chi connectivity index (χ1) is 11.5. The minimum absolute atomic E-state index is 0.0311. The van der Waals surface area contributed by atoms with Crippen LogP contribution in [0.1, 0.15) is 6.42 Å². The summed E-state index contributed by atoms with van der Waals surface area (Å²) in [6, 6.07) is 6.52. The van der Waals surface area contributed by atoms with E-state index in [-0.39, 0.29) is 13.0 Å². The van der Waals surface area contributed by atoms with Crippen LogP contribution in [0, 0.1) is 5.92 Å². The summed E-state index contributed by atoms with van der Waals surface area (Å²) < 4.78 is 15.0. The van der Waals surface area contributed by atoms with Crippen molar-refractivity contribution in [1.82, 2.24) is 0 Å². The van der Waals surface area contributed by atoms with E-state index < -0.39 is 23.8 Å². The van der Waals surface area contributed by atoms with E-state index >= 15 is 0 Å². The highest BCUT2D eigenvalue weighted by atomic mass is 79.9. The van der Waals surface area contributed by atoms with Crippen molar-refractivity contribution in [3.05, 3.63) is 40.9 Å². The minimum atomic E-state index is -1.06. The lowest BCUT2D eigenvalue weighted by Gasteiger charge is -2.10. The number of aldehydes is 1. The maximum absolute atomic E-state index is 11.9. The van der Waals surface area contributed by atoms with Gasteiger partial charge in [-0.2, -0.15) is 0 Å². The molecule has 1 aromatic rings. The first-order valence-electron chi connectivity index (χ1n) is 6.81. The Labute approximate surface area is 146 Å². The zero-order valence-corrected chi connectivity index (χ0v) is 14.4. The van der Waals surface area contributed by atoms with Crippen LogP contribution in [0.2, 0.25) is 0 Å². The normalized spacial score (nSPS) is 11.6. The van der Waals surface area contributed by atoms with Gasteiger partial charge in [-0.05, 0) is 24.3 Å². The van der Waals surface area contributed by atoms with E-state index in [4.69, 9.17) is 9.47 Å². The van der Waals surface area contributed by atoms with Crippen molar-refractivity contribution in [2.75, 3.05) is 13.7 Å². The average molecular weight is 399 g/mol. The fraction of sp³-hybridized carbons (Fsp3) is 0.250. The van der Waals surface area contributed by atoms with Crippen LogP contribution < -0.4 is 4.74 Å². The van der Waals surface area contributed by atoms with E-state index in [1.807, 2.05) is 0 Å². The Morgan fingerprint density at radius 2 is 1.75 bits per heavy atom. The molecular formula is C16H15BrO7. The lowest BCUT2D eigenvalue weighted by Crippen LogP contribution is -2.23. The van der Waals surface area contributed by atoms with Gasteiger partial charge in [-0.3, -0.25) is 4.79 Å². The lowest BCUT2D eigenvalue weighted by molar-refractivity contribution is -0.145. The van der Waals surface area contributed by atoms with Gasteiger partial charge in [0.05, 0.1) is 13.7 Å². The highest BCUT2D eigenvalue weighted by molar-refractivity contribution is 9.10. The Kier molecular flexibility index (Phi) is 8.42. The van der Waals surface area contributed by atoms with Crippen molar-refractivity contribution in [1.29, 1.82) is 0 Å². The molecule has 0 aliphatic heterocycles. The molecule has 0 bridgehead atoms. The van der Waals surface area contributed by atoms with Gasteiger partial charge in [0.2, 0.25) is 0 Å². The first kappa shape index (κ1) is 19.6. The van der Waals surface area contributed by atoms with Crippen molar-refractivity contribution in [3.63, 3.8) is 0 Å². The predicted octanol–water partition coefficient (Wildman–Crippen LogP) is 1.83. The van der Waals surface area contributed by atoms with Crippen molar-refractivity contribution in [2.45, 2.75) is 6.42 Å². The molecule has 24 heavy (non-hydrogen) atoms. The lowest BCUT2D eigenvalue weighted by atomic mass is 10.1. The Morgan fingerprint density at radius 3 is 2.33 bits per heavy atom. The number of hydrogen-bond acceptors (Lipinski definition) is 7. The van der Waals surface area contributed by atoms with Gasteiger partial charge >= 0.3 is 17.9 Å². The number of halogens is 1. The minimum Gasteiger partial charge on any atom is -0.466 e. The molecule has 0 radical (unpaired) electrons. The third-order valence-electron chi connectivity index (χ3n) is 2.73. The number of carbonyl (C=O) groups is 4. The van der Waals surface area contributed by atoms with Crippen molar-refractivity contribution < 1.29 is 33.4 Å². The quantitative estimate of drug-likeness (QED) is 0.216. The van der Waals surface area contributed by atoms with Crippen LogP contribution in [-0.4, -0.2) is 37.9 Å². The summed E-state index contributed by atoms with van der Waals surface area (Å²) in [5, 5.41) is 0. The van der Waals surface area contributed by atoms with Crippen LogP contribution >= 0.6 is 15.9 Å². The standard InChI is InChI=1S/C16H15BrO7/c1-22-14(19)6-7-15(20)23-9-8-11(10-18)16(21)24-13-4-2-12(17)3-5-13/h2-7,10-11H,8-9H2,1H3/b7-6-. The molecular weight excluding hydrogens is 384 g/mol. The van der Waals surface area contributed by atoms with Gasteiger partial charge in [0.25, 0.3) is 0 Å². The second kappa shape index (κ2) is 10.3. The van der Waals surface area contributed by atoms with Crippen LogP contribution in [0.3, 0.4) is 0 Å². The molecule has 1 aromatic carbocycles. The summed E-state index contributed by atoms with van der Waals surface area (Å²) in [5.74, 6) is -2.99. The van der Waals surface area contributed by atoms with Gasteiger partial charge < -0.3 is 19.0 Å². The van der Waals surface area contributed by atoms with Gasteiger partial charge in [0.1, 0.15) is 18.0 Å². The highest BCUT2D eigenvalue weighted by Gasteiger charge is 2.20. The molecule has 128 valence electrons. The molecule has 0 fully saturated rings. The summed E-state index contributed by atoms with van der Waals surface area (Å²) in [6.45, 7) is -0.177. The zero-order chi connectivity index (χ0) is 17.9. The molecule has 8 heteroatoms. The molecule has 0 amide bonds. The van der Waals surface area contributed by atoms with E-state index in [2.05, 4.69) is 20.7 Å². The number of benzene rings is 1. The first-order valence-corrected chi connectivity index (χ1v) is 7.61. The number of esters is 3. The number of carbonyl (C=O) groups excluding carboxylic acids is 4. The van der Waals surface area contributed by atoms with Crippen LogP contribution in [0.15, 0.2) is 40.9 Å². The van der Waals surface area contributed by atoms with Gasteiger partial charge in [0.15, 0.2) is 0 Å². The van der Waals surface area contributed by atoms with Crippen LogP contribution in [0.4, 0.5) is 0 Å². The van der Waals surface area contributed by atoms with E-state index in [1.165, 1.54) is 7.11 Å². The number of methoxy groups -OCH3 is 1. The van der Waals surface area contributed by atoms with E-state index in [0.29, 0.717) is 12.0 Å². The van der Waals surface area contributed by atoms with Crippen LogP contribution in [0.5, 0.6) is 5.75 Å². The molecule has 0 saturated heterocycles. The maximum atomic E-state index is 11.9. The SMILES string of the molecule is COC(=O)/C=C\C(=O)OCCC(C=O)C(=O)Oc1ccc(Br)cc1. The van der Waals surface area contributed by atoms with E-state index in [9.17, 15) is 19.2 Å². The van der Waals surface area contributed by atoms with Crippen LogP contribution in [0.25, 0.3) is 0 Å². The predicted molar refractivity (Wildman–Crippen MR) is 86.1 cm³/mol. The fourth-order valence-electron chi connectivity index (χ4n) is 1.47. The zero-order valence-electron chi connectivity index (χ0n) is 12.8. The summed E-state index contributed by atoms with van der Waals surface area (Å²) in [5.41, 5.74) is 0. The summed E-state index contributed by atoms with van der Waals surface area (Å²) in [7, 11) is 1.17. The molecule has 1 rings (SSSR count). The molecule has 0 N–H and O–H groups in total. The third-order valence-corrected chi connectivity index (χ3v) is 3.26. The largest absolute Gasteiger partial charge is 0.466 e. The molecule has 0 saturated carbocycles. The number of hydrogen-bond donors (Lipinski definition) is 0. The Hall–Kier alpha value is -2.48. The molecule has 1 unspecified atom stereocenters. The van der Waals surface area contributed by atoms with E-state index in [0.717, 1.165) is 16.6 Å². The summed E-state index contributed by atoms with van der Waals surface area (Å²) in [4.78, 5) is 45.0. The number of ether oxygens (including phenoxy) is 3. The van der Waals surface area contributed by atoms with Gasteiger partial charge in [-0.15, -0.1) is 0 Å².